The summed E-state index contributed by atoms with van der Waals surface area (Å²) in [4.78, 5) is 24.0. The predicted octanol–water partition coefficient (Wildman–Crippen LogP) is 4.34. The van der Waals surface area contributed by atoms with Gasteiger partial charge in [0.25, 0.3) is 15.9 Å². The lowest BCUT2D eigenvalue weighted by molar-refractivity contribution is -0.119. The number of nitrogens with zero attached hydrogens (tertiary/aromatic N) is 2. The number of benzene rings is 3. The van der Waals surface area contributed by atoms with E-state index < -0.39 is 22.5 Å². The molecular formula is C25H25ClN4O4S. The average Bonchev–Trinajstić information content (AvgIpc) is 2.82. The summed E-state index contributed by atoms with van der Waals surface area (Å²) in [6, 6.07) is 19.5. The first-order chi connectivity index (χ1) is 16.6. The largest absolute Gasteiger partial charge is 0.326 e. The molecule has 0 aliphatic rings. The van der Waals surface area contributed by atoms with Crippen molar-refractivity contribution in [3.63, 3.8) is 0 Å². The van der Waals surface area contributed by atoms with Crippen molar-refractivity contribution in [2.24, 2.45) is 5.10 Å². The normalized spacial score (nSPS) is 11.6. The molecule has 0 aliphatic carbocycles. The van der Waals surface area contributed by atoms with Gasteiger partial charge in [-0.05, 0) is 67.9 Å². The van der Waals surface area contributed by atoms with Gasteiger partial charge in [-0.3, -0.25) is 13.9 Å². The predicted molar refractivity (Wildman–Crippen MR) is 138 cm³/mol. The number of sulfonamides is 1. The Bertz CT molecular complexity index is 1340. The van der Waals surface area contributed by atoms with E-state index in [1.165, 1.54) is 31.2 Å². The van der Waals surface area contributed by atoms with Crippen LogP contribution in [0.4, 0.5) is 11.4 Å². The summed E-state index contributed by atoms with van der Waals surface area (Å²) in [6.45, 7) is 4.49. The molecule has 0 saturated heterocycles. The molecule has 3 aromatic carbocycles. The monoisotopic (exact) mass is 512 g/mol. The molecule has 0 bridgehead atoms. The van der Waals surface area contributed by atoms with Gasteiger partial charge in [-0.15, -0.1) is 0 Å². The number of carbonyl (C=O) groups is 2. The lowest BCUT2D eigenvalue weighted by Crippen LogP contribution is -2.39. The maximum atomic E-state index is 13.4. The third kappa shape index (κ3) is 6.91. The zero-order valence-electron chi connectivity index (χ0n) is 19.4. The molecule has 10 heteroatoms. The van der Waals surface area contributed by atoms with Crippen molar-refractivity contribution in [2.45, 2.75) is 25.7 Å². The maximum Gasteiger partial charge on any atom is 0.264 e. The summed E-state index contributed by atoms with van der Waals surface area (Å²) in [7, 11) is -4.04. The molecule has 0 unspecified atom stereocenters. The van der Waals surface area contributed by atoms with Gasteiger partial charge in [0.05, 0.1) is 16.3 Å². The third-order valence-corrected chi connectivity index (χ3v) is 7.02. The van der Waals surface area contributed by atoms with Crippen LogP contribution < -0.4 is 15.0 Å². The molecule has 0 fully saturated rings. The standard InChI is InChI=1S/C25H25ClN4O4S/c1-17-4-14-24(15-5-17)35(33,34)30(23-12-8-21(26)9-13-23)16-25(32)29-28-18(2)20-6-10-22(11-7-20)27-19(3)31/h4-15H,16H2,1-3H3,(H,27,31)(H,29,32)/b28-18-. The summed E-state index contributed by atoms with van der Waals surface area (Å²) < 4.78 is 27.8. The molecule has 0 radical (unpaired) electrons. The fraction of sp³-hybridized carbons (Fsp3) is 0.160. The molecule has 0 aromatic heterocycles. The van der Waals surface area contributed by atoms with E-state index >= 15 is 0 Å². The minimum absolute atomic E-state index is 0.0600. The van der Waals surface area contributed by atoms with Crippen LogP contribution in [-0.4, -0.2) is 32.5 Å². The highest BCUT2D eigenvalue weighted by atomic mass is 35.5. The highest BCUT2D eigenvalue weighted by molar-refractivity contribution is 7.92. The van der Waals surface area contributed by atoms with Crippen LogP contribution in [0.1, 0.15) is 25.0 Å². The Morgan fingerprint density at radius 3 is 2.09 bits per heavy atom. The Balaban J connectivity index is 1.80. The van der Waals surface area contributed by atoms with Crippen LogP contribution in [0, 0.1) is 6.92 Å². The van der Waals surface area contributed by atoms with E-state index in [2.05, 4.69) is 15.8 Å². The Kier molecular flexibility index (Phi) is 8.26. The van der Waals surface area contributed by atoms with Crippen molar-refractivity contribution >= 4 is 50.5 Å². The lowest BCUT2D eigenvalue weighted by atomic mass is 10.1. The quantitative estimate of drug-likeness (QED) is 0.345. The number of nitrogens with one attached hydrogen (secondary N) is 2. The van der Waals surface area contributed by atoms with Crippen LogP contribution in [0.15, 0.2) is 82.8 Å². The Labute approximate surface area is 209 Å². The molecule has 2 N–H and O–H groups in total. The molecule has 8 nitrogen and oxygen atoms in total. The number of hydrazone groups is 1. The molecule has 0 aliphatic heterocycles. The van der Waals surface area contributed by atoms with Gasteiger partial charge in [-0.1, -0.05) is 41.4 Å². The zero-order valence-corrected chi connectivity index (χ0v) is 21.0. The maximum absolute atomic E-state index is 13.4. The number of halogens is 1. The molecule has 0 saturated carbocycles. The fourth-order valence-electron chi connectivity index (χ4n) is 3.13. The van der Waals surface area contributed by atoms with Gasteiger partial charge in [0.15, 0.2) is 0 Å². The Hall–Kier alpha value is -3.69. The van der Waals surface area contributed by atoms with E-state index in [1.54, 1.807) is 55.5 Å². The summed E-state index contributed by atoms with van der Waals surface area (Å²) in [6.07, 6.45) is 0. The van der Waals surface area contributed by atoms with Gasteiger partial charge in [0.2, 0.25) is 5.91 Å². The lowest BCUT2D eigenvalue weighted by Gasteiger charge is -2.24. The first-order valence-electron chi connectivity index (χ1n) is 10.6. The number of anilines is 2. The van der Waals surface area contributed by atoms with E-state index in [0.717, 1.165) is 15.4 Å². The number of hydrogen-bond donors (Lipinski definition) is 2. The van der Waals surface area contributed by atoms with Gasteiger partial charge in [0, 0.05) is 17.6 Å². The van der Waals surface area contributed by atoms with Gasteiger partial charge in [0.1, 0.15) is 6.54 Å². The van der Waals surface area contributed by atoms with E-state index in [4.69, 9.17) is 11.6 Å². The number of aryl methyl sites for hydroxylation is 1. The number of hydrogen-bond acceptors (Lipinski definition) is 5. The van der Waals surface area contributed by atoms with Crippen LogP contribution in [0.25, 0.3) is 0 Å². The van der Waals surface area contributed by atoms with Crippen molar-refractivity contribution < 1.29 is 18.0 Å². The number of rotatable bonds is 8. The first-order valence-corrected chi connectivity index (χ1v) is 12.4. The van der Waals surface area contributed by atoms with Crippen LogP contribution in [-0.2, 0) is 19.6 Å². The van der Waals surface area contributed by atoms with Crippen LogP contribution >= 0.6 is 11.6 Å². The van der Waals surface area contributed by atoms with Crippen LogP contribution in [0.3, 0.4) is 0 Å². The molecule has 35 heavy (non-hydrogen) atoms. The minimum Gasteiger partial charge on any atom is -0.326 e. The second-order valence-electron chi connectivity index (χ2n) is 7.79. The first kappa shape index (κ1) is 25.9. The van der Waals surface area contributed by atoms with E-state index in [0.29, 0.717) is 22.1 Å². The fourth-order valence-corrected chi connectivity index (χ4v) is 4.68. The average molecular weight is 513 g/mol. The van der Waals surface area contributed by atoms with Crippen molar-refractivity contribution in [1.29, 1.82) is 0 Å². The highest BCUT2D eigenvalue weighted by Crippen LogP contribution is 2.25. The van der Waals surface area contributed by atoms with Gasteiger partial charge < -0.3 is 5.32 Å². The van der Waals surface area contributed by atoms with Crippen molar-refractivity contribution in [3.8, 4) is 0 Å². The van der Waals surface area contributed by atoms with E-state index in [9.17, 15) is 18.0 Å². The minimum atomic E-state index is -4.04. The van der Waals surface area contributed by atoms with Gasteiger partial charge in [-0.25, -0.2) is 13.8 Å². The Morgan fingerprint density at radius 2 is 1.51 bits per heavy atom. The van der Waals surface area contributed by atoms with E-state index in [1.807, 2.05) is 6.92 Å². The zero-order chi connectivity index (χ0) is 25.6. The molecule has 182 valence electrons. The van der Waals surface area contributed by atoms with Gasteiger partial charge in [-0.2, -0.15) is 5.10 Å². The van der Waals surface area contributed by atoms with Gasteiger partial charge >= 0.3 is 0 Å². The van der Waals surface area contributed by atoms with Crippen LogP contribution in [0.5, 0.6) is 0 Å². The van der Waals surface area contributed by atoms with E-state index in [-0.39, 0.29) is 10.8 Å². The van der Waals surface area contributed by atoms with Crippen molar-refractivity contribution in [3.05, 3.63) is 88.9 Å². The highest BCUT2D eigenvalue weighted by Gasteiger charge is 2.27. The topological polar surface area (TPSA) is 108 Å². The smallest absolute Gasteiger partial charge is 0.264 e. The summed E-state index contributed by atoms with van der Waals surface area (Å²) >= 11 is 5.96. The summed E-state index contributed by atoms with van der Waals surface area (Å²) in [5, 5.41) is 7.21. The Morgan fingerprint density at radius 1 is 0.914 bits per heavy atom. The number of carbonyl (C=O) groups excluding carboxylic acids is 2. The summed E-state index contributed by atoms with van der Waals surface area (Å²) in [5.41, 5.74) is 5.49. The van der Waals surface area contributed by atoms with Crippen molar-refractivity contribution in [2.75, 3.05) is 16.2 Å². The molecule has 0 spiro atoms. The summed E-state index contributed by atoms with van der Waals surface area (Å²) in [5.74, 6) is -0.800. The molecule has 0 atom stereocenters. The molecule has 0 heterocycles. The molecule has 3 rings (SSSR count). The molecule has 2 amide bonds. The molecule has 3 aromatic rings. The second-order valence-corrected chi connectivity index (χ2v) is 10.1. The van der Waals surface area contributed by atoms with Crippen molar-refractivity contribution in [1.82, 2.24) is 5.43 Å². The second kappa shape index (κ2) is 11.2. The molecular weight excluding hydrogens is 488 g/mol. The number of amides is 2. The van der Waals surface area contributed by atoms with Crippen LogP contribution in [0.2, 0.25) is 5.02 Å². The SMILES string of the molecule is CC(=O)Nc1ccc(/C(C)=N\NC(=O)CN(c2ccc(Cl)cc2)S(=O)(=O)c2ccc(C)cc2)cc1. The third-order valence-electron chi connectivity index (χ3n) is 4.98.